The molecule has 5 nitrogen and oxygen atoms in total. The fourth-order valence-corrected chi connectivity index (χ4v) is 2.28. The van der Waals surface area contributed by atoms with Crippen LogP contribution in [0, 0.1) is 6.92 Å². The monoisotopic (exact) mass is 295 g/mol. The molecule has 1 N–H and O–H groups in total. The second-order valence-electron chi connectivity index (χ2n) is 5.23. The number of hydrogen-bond acceptors (Lipinski definition) is 3. The Morgan fingerprint density at radius 2 is 2.15 bits per heavy atom. The zero-order chi connectivity index (χ0) is 14.7. The van der Waals surface area contributed by atoms with Crippen LogP contribution in [0.5, 0.6) is 0 Å². The summed E-state index contributed by atoms with van der Waals surface area (Å²) in [5, 5.41) is 8.54. The van der Waals surface area contributed by atoms with Crippen LogP contribution >= 0.6 is 11.6 Å². The van der Waals surface area contributed by atoms with Crippen molar-refractivity contribution in [2.75, 3.05) is 0 Å². The Hall–Kier alpha value is -1.33. The first-order chi connectivity index (χ1) is 9.51. The number of rotatable bonds is 6. The third-order valence-electron chi connectivity index (χ3n) is 3.16. The second-order valence-corrected chi connectivity index (χ2v) is 5.61. The molecule has 0 aromatic carbocycles. The lowest BCUT2D eigenvalue weighted by Gasteiger charge is -2.06. The first-order valence-corrected chi connectivity index (χ1v) is 7.34. The molecule has 2 aromatic rings. The molecule has 20 heavy (non-hydrogen) atoms. The third-order valence-corrected chi connectivity index (χ3v) is 3.65. The smallest absolute Gasteiger partial charge is 0.0953 e. The fourth-order valence-electron chi connectivity index (χ4n) is 2.09. The molecule has 0 unspecified atom stereocenters. The molecule has 0 aliphatic heterocycles. The first-order valence-electron chi connectivity index (χ1n) is 6.97. The number of nitrogens with zero attached hydrogens (tertiary/aromatic N) is 4. The highest BCUT2D eigenvalue weighted by atomic mass is 35.5. The number of aryl methyl sites for hydroxylation is 2. The molecule has 0 saturated carbocycles. The van der Waals surface area contributed by atoms with E-state index in [9.17, 15) is 0 Å². The molecule has 110 valence electrons. The molecule has 0 spiro atoms. The summed E-state index contributed by atoms with van der Waals surface area (Å²) in [7, 11) is 0. The molecule has 0 atom stereocenters. The summed E-state index contributed by atoms with van der Waals surface area (Å²) >= 11 is 6.32. The Balaban J connectivity index is 2.10. The van der Waals surface area contributed by atoms with Crippen molar-refractivity contribution < 1.29 is 0 Å². The minimum absolute atomic E-state index is 0.457. The number of nitrogens with one attached hydrogen (secondary N) is 1. The van der Waals surface area contributed by atoms with Crippen LogP contribution in [0.1, 0.15) is 37.9 Å². The van der Waals surface area contributed by atoms with E-state index >= 15 is 0 Å². The van der Waals surface area contributed by atoms with Gasteiger partial charge in [-0.05, 0) is 13.8 Å². The van der Waals surface area contributed by atoms with Crippen molar-refractivity contribution in [1.82, 2.24) is 24.6 Å². The molecule has 0 radical (unpaired) electrons. The van der Waals surface area contributed by atoms with Gasteiger partial charge in [-0.2, -0.15) is 5.10 Å². The summed E-state index contributed by atoms with van der Waals surface area (Å²) in [5.41, 5.74) is 2.95. The maximum absolute atomic E-state index is 6.32. The maximum atomic E-state index is 6.32. The summed E-state index contributed by atoms with van der Waals surface area (Å²) in [6.45, 7) is 10.5. The average Bonchev–Trinajstić information content (AvgIpc) is 2.96. The van der Waals surface area contributed by atoms with Crippen LogP contribution in [0.4, 0.5) is 0 Å². The molecule has 0 aliphatic rings. The van der Waals surface area contributed by atoms with Crippen molar-refractivity contribution in [2.45, 2.75) is 53.4 Å². The van der Waals surface area contributed by atoms with E-state index in [1.165, 1.54) is 0 Å². The number of aromatic nitrogens is 4. The molecule has 0 bridgehead atoms. The summed E-state index contributed by atoms with van der Waals surface area (Å²) in [6, 6.07) is 0.457. The van der Waals surface area contributed by atoms with Crippen LogP contribution in [-0.4, -0.2) is 25.4 Å². The van der Waals surface area contributed by atoms with Crippen LogP contribution in [0.2, 0.25) is 5.02 Å². The van der Waals surface area contributed by atoms with Crippen LogP contribution in [0.15, 0.2) is 12.5 Å². The Labute approximate surface area is 125 Å². The van der Waals surface area contributed by atoms with E-state index < -0.39 is 0 Å². The van der Waals surface area contributed by atoms with Crippen molar-refractivity contribution in [3.05, 3.63) is 34.6 Å². The fraction of sp³-hybridized carbons (Fsp3) is 0.571. The normalized spacial score (nSPS) is 11.5. The number of hydrogen-bond donors (Lipinski definition) is 1. The van der Waals surface area contributed by atoms with E-state index in [-0.39, 0.29) is 0 Å². The Kier molecular flexibility index (Phi) is 4.83. The van der Waals surface area contributed by atoms with E-state index in [1.807, 2.05) is 28.7 Å². The predicted octanol–water partition coefficient (Wildman–Crippen LogP) is 2.61. The lowest BCUT2D eigenvalue weighted by atomic mass is 10.3. The van der Waals surface area contributed by atoms with E-state index in [4.69, 9.17) is 11.6 Å². The average molecular weight is 296 g/mol. The van der Waals surface area contributed by atoms with Crippen molar-refractivity contribution in [3.8, 4) is 0 Å². The topological polar surface area (TPSA) is 47.7 Å². The molecule has 0 amide bonds. The highest BCUT2D eigenvalue weighted by molar-refractivity contribution is 6.31. The maximum Gasteiger partial charge on any atom is 0.0953 e. The van der Waals surface area contributed by atoms with Gasteiger partial charge in [-0.15, -0.1) is 0 Å². The predicted molar refractivity (Wildman–Crippen MR) is 81.0 cm³/mol. The highest BCUT2D eigenvalue weighted by Gasteiger charge is 2.13. The first kappa shape index (κ1) is 15.1. The Bertz CT molecular complexity index is 570. The standard InChI is InChI=1S/C14H22ClN5/c1-5-20-13(14(15)11(4)18-20)8-19-7-12(17-9-19)6-16-10(2)3/h7,9-10,16H,5-6,8H2,1-4H3. The Morgan fingerprint density at radius 3 is 2.80 bits per heavy atom. The number of halogens is 1. The third kappa shape index (κ3) is 3.41. The summed E-state index contributed by atoms with van der Waals surface area (Å²) < 4.78 is 4.00. The van der Waals surface area contributed by atoms with Crippen LogP contribution in [0.25, 0.3) is 0 Å². The SMILES string of the molecule is CCn1nc(C)c(Cl)c1Cn1cnc(CNC(C)C)c1. The van der Waals surface area contributed by atoms with Crippen LogP contribution < -0.4 is 5.32 Å². The minimum Gasteiger partial charge on any atom is -0.331 e. The van der Waals surface area contributed by atoms with Crippen molar-refractivity contribution in [1.29, 1.82) is 0 Å². The van der Waals surface area contributed by atoms with Gasteiger partial charge in [0, 0.05) is 25.3 Å². The molecule has 6 heteroatoms. The summed E-state index contributed by atoms with van der Waals surface area (Å²) in [6.07, 6.45) is 3.89. The van der Waals surface area contributed by atoms with Gasteiger partial charge in [-0.25, -0.2) is 4.98 Å². The van der Waals surface area contributed by atoms with Gasteiger partial charge < -0.3 is 9.88 Å². The van der Waals surface area contributed by atoms with Gasteiger partial charge in [0.2, 0.25) is 0 Å². The quantitative estimate of drug-likeness (QED) is 0.891. The Morgan fingerprint density at radius 1 is 1.40 bits per heavy atom. The van der Waals surface area contributed by atoms with Crippen LogP contribution in [0.3, 0.4) is 0 Å². The van der Waals surface area contributed by atoms with E-state index in [1.54, 1.807) is 0 Å². The van der Waals surface area contributed by atoms with Crippen molar-refractivity contribution in [3.63, 3.8) is 0 Å². The molecule has 0 aliphatic carbocycles. The minimum atomic E-state index is 0.457. The molecular formula is C14H22ClN5. The molecule has 0 fully saturated rings. The number of imidazole rings is 1. The largest absolute Gasteiger partial charge is 0.331 e. The van der Waals surface area contributed by atoms with Gasteiger partial charge in [-0.3, -0.25) is 4.68 Å². The van der Waals surface area contributed by atoms with E-state index in [2.05, 4.69) is 36.2 Å². The van der Waals surface area contributed by atoms with Crippen molar-refractivity contribution >= 4 is 11.6 Å². The summed E-state index contributed by atoms with van der Waals surface area (Å²) in [5.74, 6) is 0. The highest BCUT2D eigenvalue weighted by Crippen LogP contribution is 2.21. The van der Waals surface area contributed by atoms with Gasteiger partial charge >= 0.3 is 0 Å². The van der Waals surface area contributed by atoms with E-state index in [0.717, 1.165) is 35.2 Å². The summed E-state index contributed by atoms with van der Waals surface area (Å²) in [4.78, 5) is 4.40. The molecule has 2 rings (SSSR count). The van der Waals surface area contributed by atoms with Gasteiger partial charge in [0.1, 0.15) is 0 Å². The lowest BCUT2D eigenvalue weighted by Crippen LogP contribution is -2.21. The molecule has 2 heterocycles. The van der Waals surface area contributed by atoms with Gasteiger partial charge in [-0.1, -0.05) is 25.4 Å². The van der Waals surface area contributed by atoms with Crippen molar-refractivity contribution in [2.24, 2.45) is 0 Å². The zero-order valence-corrected chi connectivity index (χ0v) is 13.3. The van der Waals surface area contributed by atoms with Gasteiger partial charge in [0.15, 0.2) is 0 Å². The molecular weight excluding hydrogens is 274 g/mol. The van der Waals surface area contributed by atoms with Crippen LogP contribution in [-0.2, 0) is 19.6 Å². The van der Waals surface area contributed by atoms with Gasteiger partial charge in [0.05, 0.1) is 35.0 Å². The lowest BCUT2D eigenvalue weighted by molar-refractivity contribution is 0.581. The zero-order valence-electron chi connectivity index (χ0n) is 12.5. The van der Waals surface area contributed by atoms with Gasteiger partial charge in [0.25, 0.3) is 0 Å². The molecule has 2 aromatic heterocycles. The van der Waals surface area contributed by atoms with E-state index in [0.29, 0.717) is 12.6 Å². The second kappa shape index (κ2) is 6.41. The molecule has 0 saturated heterocycles.